The lowest BCUT2D eigenvalue weighted by Gasteiger charge is -2.28. The van der Waals surface area contributed by atoms with Gasteiger partial charge in [0.1, 0.15) is 18.4 Å². The molecule has 178 valence electrons. The number of hydrogen-bond donors (Lipinski definition) is 1. The van der Waals surface area contributed by atoms with Gasteiger partial charge in [0.25, 0.3) is 0 Å². The third kappa shape index (κ3) is 4.52. The van der Waals surface area contributed by atoms with E-state index in [2.05, 4.69) is 25.6 Å². The molecule has 35 heavy (non-hydrogen) atoms. The van der Waals surface area contributed by atoms with Crippen molar-refractivity contribution >= 4 is 22.7 Å². The van der Waals surface area contributed by atoms with E-state index in [1.54, 1.807) is 6.92 Å². The van der Waals surface area contributed by atoms with Crippen LogP contribution in [0.2, 0.25) is 0 Å². The predicted octanol–water partition coefficient (Wildman–Crippen LogP) is 4.76. The summed E-state index contributed by atoms with van der Waals surface area (Å²) in [4.78, 5) is 13.3. The highest BCUT2D eigenvalue weighted by Crippen LogP contribution is 2.38. The average Bonchev–Trinajstić information content (AvgIpc) is 3.29. The Morgan fingerprint density at radius 1 is 1.06 bits per heavy atom. The molecule has 1 aliphatic heterocycles. The number of anilines is 1. The van der Waals surface area contributed by atoms with Gasteiger partial charge in [-0.1, -0.05) is 59.7 Å². The Kier molecular flexibility index (Phi) is 5.59. The molecule has 2 heterocycles. The highest BCUT2D eigenvalue weighted by Gasteiger charge is 2.36. The summed E-state index contributed by atoms with van der Waals surface area (Å²) in [5.41, 5.74) is 2.17. The molecule has 8 nitrogen and oxygen atoms in total. The molecule has 1 aliphatic rings. The van der Waals surface area contributed by atoms with Crippen molar-refractivity contribution in [1.82, 2.24) is 20.2 Å². The number of nitrogens with zero attached hydrogens (tertiary/aromatic N) is 4. The largest absolute Gasteiger partial charge is 0.573 e. The van der Waals surface area contributed by atoms with Crippen molar-refractivity contribution in [2.24, 2.45) is 0 Å². The van der Waals surface area contributed by atoms with Crippen LogP contribution in [0, 0.1) is 0 Å². The van der Waals surface area contributed by atoms with Crippen molar-refractivity contribution < 1.29 is 27.4 Å². The minimum atomic E-state index is -4.78. The van der Waals surface area contributed by atoms with Crippen LogP contribution in [0.15, 0.2) is 78.0 Å². The van der Waals surface area contributed by atoms with Gasteiger partial charge >= 0.3 is 12.3 Å². The maximum atomic E-state index is 13.3. The second-order valence-corrected chi connectivity index (χ2v) is 7.85. The molecule has 0 bridgehead atoms. The van der Waals surface area contributed by atoms with Crippen molar-refractivity contribution in [3.63, 3.8) is 0 Å². The zero-order valence-corrected chi connectivity index (χ0v) is 18.3. The summed E-state index contributed by atoms with van der Waals surface area (Å²) in [5.74, 6) is -0.577. The van der Waals surface area contributed by atoms with Gasteiger partial charge in [0.05, 0.1) is 5.57 Å². The molecule has 1 aromatic heterocycles. The summed E-state index contributed by atoms with van der Waals surface area (Å²) < 4.78 is 48.1. The molecule has 0 saturated heterocycles. The summed E-state index contributed by atoms with van der Waals surface area (Å²) in [7, 11) is 0. The number of benzene rings is 3. The van der Waals surface area contributed by atoms with E-state index in [0.29, 0.717) is 22.8 Å². The van der Waals surface area contributed by atoms with E-state index in [4.69, 9.17) is 4.74 Å². The van der Waals surface area contributed by atoms with Crippen molar-refractivity contribution in [3.8, 4) is 5.75 Å². The molecule has 11 heteroatoms. The number of halogens is 3. The van der Waals surface area contributed by atoms with Crippen LogP contribution in [0.3, 0.4) is 0 Å². The maximum Gasteiger partial charge on any atom is 0.573 e. The molecule has 1 N–H and O–H groups in total. The van der Waals surface area contributed by atoms with E-state index in [1.165, 1.54) is 16.8 Å². The number of fused-ring (bicyclic) bond motifs is 2. The molecule has 0 radical (unpaired) electrons. The fourth-order valence-electron chi connectivity index (χ4n) is 4.07. The molecule has 1 atom stereocenters. The highest BCUT2D eigenvalue weighted by molar-refractivity contribution is 5.95. The van der Waals surface area contributed by atoms with Crippen molar-refractivity contribution in [3.05, 3.63) is 89.1 Å². The lowest BCUT2D eigenvalue weighted by Crippen LogP contribution is -2.29. The predicted molar refractivity (Wildman–Crippen MR) is 119 cm³/mol. The van der Waals surface area contributed by atoms with Gasteiger partial charge in [0, 0.05) is 5.70 Å². The first-order valence-corrected chi connectivity index (χ1v) is 10.6. The zero-order valence-electron chi connectivity index (χ0n) is 18.3. The molecular weight excluding hydrogens is 463 g/mol. The van der Waals surface area contributed by atoms with Gasteiger partial charge in [-0.3, -0.25) is 0 Å². The van der Waals surface area contributed by atoms with E-state index >= 15 is 0 Å². The number of allylic oxidation sites excluding steroid dienone is 1. The first-order chi connectivity index (χ1) is 16.8. The second-order valence-electron chi connectivity index (χ2n) is 7.85. The van der Waals surface area contributed by atoms with Crippen molar-refractivity contribution in [2.45, 2.75) is 25.9 Å². The minimum Gasteiger partial charge on any atom is -0.457 e. The van der Waals surface area contributed by atoms with Gasteiger partial charge in [0.15, 0.2) is 0 Å². The lowest BCUT2D eigenvalue weighted by molar-refractivity contribution is -0.274. The number of carbonyl (C=O) groups excluding carboxylic acids is 1. The monoisotopic (exact) mass is 481 g/mol. The molecule has 1 unspecified atom stereocenters. The molecule has 4 aromatic rings. The normalized spacial score (nSPS) is 15.5. The Morgan fingerprint density at radius 2 is 1.80 bits per heavy atom. The number of aromatic nitrogens is 4. The van der Waals surface area contributed by atoms with Gasteiger partial charge in [-0.25, -0.2) is 4.79 Å². The first kappa shape index (κ1) is 22.4. The topological polar surface area (TPSA) is 91.2 Å². The summed E-state index contributed by atoms with van der Waals surface area (Å²) in [6, 6.07) is 18.0. The van der Waals surface area contributed by atoms with E-state index < -0.39 is 18.4 Å². The summed E-state index contributed by atoms with van der Waals surface area (Å²) in [5, 5.41) is 16.8. The smallest absolute Gasteiger partial charge is 0.457 e. The summed E-state index contributed by atoms with van der Waals surface area (Å²) >= 11 is 0. The minimum absolute atomic E-state index is 0.146. The van der Waals surface area contributed by atoms with E-state index in [1.807, 2.05) is 42.5 Å². The van der Waals surface area contributed by atoms with E-state index in [-0.39, 0.29) is 12.4 Å². The Morgan fingerprint density at radius 3 is 2.57 bits per heavy atom. The Hall–Kier alpha value is -4.41. The molecule has 0 spiro atoms. The van der Waals surface area contributed by atoms with Gasteiger partial charge < -0.3 is 14.8 Å². The van der Waals surface area contributed by atoms with Crippen molar-refractivity contribution in [2.75, 3.05) is 5.32 Å². The third-order valence-corrected chi connectivity index (χ3v) is 5.58. The molecule has 0 saturated carbocycles. The number of alkyl halides is 3. The maximum absolute atomic E-state index is 13.3. The van der Waals surface area contributed by atoms with Crippen LogP contribution in [0.5, 0.6) is 5.75 Å². The molecular formula is C24H18F3N5O3. The van der Waals surface area contributed by atoms with E-state index in [0.717, 1.165) is 28.5 Å². The quantitative estimate of drug-likeness (QED) is 0.411. The summed E-state index contributed by atoms with van der Waals surface area (Å²) in [6.45, 7) is 1.59. The number of ether oxygens (including phenoxy) is 2. The molecule has 5 rings (SSSR count). The molecule has 3 aromatic carbocycles. The second kappa shape index (κ2) is 8.75. The van der Waals surface area contributed by atoms with Gasteiger partial charge in [-0.2, -0.15) is 4.68 Å². The number of rotatable bonds is 5. The van der Waals surface area contributed by atoms with Crippen molar-refractivity contribution in [1.29, 1.82) is 0 Å². The number of esters is 1. The third-order valence-electron chi connectivity index (χ3n) is 5.58. The van der Waals surface area contributed by atoms with Crippen LogP contribution < -0.4 is 10.1 Å². The van der Waals surface area contributed by atoms with Crippen LogP contribution >= 0.6 is 0 Å². The van der Waals surface area contributed by atoms with Crippen LogP contribution in [0.25, 0.3) is 10.8 Å². The number of tetrazole rings is 1. The highest BCUT2D eigenvalue weighted by atomic mass is 19.4. The average molecular weight is 481 g/mol. The summed E-state index contributed by atoms with van der Waals surface area (Å²) in [6.07, 6.45) is -4.78. The molecule has 0 fully saturated rings. The fourth-order valence-corrected chi connectivity index (χ4v) is 4.07. The van der Waals surface area contributed by atoms with Gasteiger partial charge in [-0.05, 0) is 51.4 Å². The number of nitrogens with one attached hydrogen (secondary N) is 1. The van der Waals surface area contributed by atoms with Gasteiger partial charge in [-0.15, -0.1) is 13.2 Å². The Bertz CT molecular complexity index is 1430. The standard InChI is InChI=1S/C24H18F3N5O3/c1-14-20(22(33)34-13-15-9-11-17(12-10-15)35-24(25,26)27)21(32-23(28-14)29-30-31-32)19-8-4-6-16-5-2-3-7-18(16)19/h2-12,21H,13H2,1H3,(H,28,29,31). The van der Waals surface area contributed by atoms with Crippen LogP contribution in [-0.2, 0) is 16.1 Å². The lowest BCUT2D eigenvalue weighted by atomic mass is 9.91. The van der Waals surface area contributed by atoms with Crippen LogP contribution in [0.4, 0.5) is 19.1 Å². The number of carbonyl (C=O) groups is 1. The molecule has 0 aliphatic carbocycles. The first-order valence-electron chi connectivity index (χ1n) is 10.6. The Balaban J connectivity index is 1.44. The Labute approximate surface area is 197 Å². The number of hydrogen-bond acceptors (Lipinski definition) is 7. The van der Waals surface area contributed by atoms with Crippen LogP contribution in [-0.4, -0.2) is 32.5 Å². The van der Waals surface area contributed by atoms with Crippen LogP contribution in [0.1, 0.15) is 24.1 Å². The van der Waals surface area contributed by atoms with Gasteiger partial charge in [0.2, 0.25) is 5.95 Å². The molecule has 0 amide bonds. The SMILES string of the molecule is CC1=C(C(=O)OCc2ccc(OC(F)(F)F)cc2)C(c2cccc3ccccc23)n2nnnc2N1. The van der Waals surface area contributed by atoms with E-state index in [9.17, 15) is 18.0 Å². The fraction of sp³-hybridized carbons (Fsp3) is 0.167. The zero-order chi connectivity index (χ0) is 24.6.